The molecule has 0 unspecified atom stereocenters. The van der Waals surface area contributed by atoms with Crippen molar-refractivity contribution in [2.45, 2.75) is 48.6 Å². The van der Waals surface area contributed by atoms with Gasteiger partial charge >= 0.3 is 11.9 Å². The number of thiazole rings is 1. The zero-order valence-corrected chi connectivity index (χ0v) is 45.7. The topological polar surface area (TPSA) is 149 Å². The van der Waals surface area contributed by atoms with Crippen molar-refractivity contribution < 1.29 is 33.5 Å². The van der Waals surface area contributed by atoms with Crippen LogP contribution in [0.3, 0.4) is 0 Å². The maximum atomic E-state index is 15.0. The molecule has 2 atom stereocenters. The Hall–Kier alpha value is -7.86. The number of hydrogen-bond donors (Lipinski definition) is 2. The second-order valence-corrected chi connectivity index (χ2v) is 21.4. The number of carbonyl (C=O) groups excluding carboxylic acids is 4. The first kappa shape index (κ1) is 52.6. The third-order valence-corrected chi connectivity index (χ3v) is 16.3. The average Bonchev–Trinajstić information content (AvgIpc) is 3.95. The highest BCUT2D eigenvalue weighted by atomic mass is 127. The monoisotopic (exact) mass is 1170 g/mol. The van der Waals surface area contributed by atoms with Gasteiger partial charge in [0.05, 0.1) is 0 Å². The van der Waals surface area contributed by atoms with Gasteiger partial charge in [-0.1, -0.05) is 240 Å². The lowest BCUT2D eigenvalue weighted by Crippen LogP contribution is -2.71. The number of nitrogens with one attached hydrogen (secondary N) is 2. The molecule has 2 amide bonds. The van der Waals surface area contributed by atoms with Crippen molar-refractivity contribution in [3.05, 3.63) is 274 Å². The number of thioether (sulfide) groups is 1. The molecule has 0 bridgehead atoms. The Morgan fingerprint density at radius 3 is 1.53 bits per heavy atom. The van der Waals surface area contributed by atoms with Crippen LogP contribution in [0.1, 0.15) is 70.7 Å². The zero-order valence-electron chi connectivity index (χ0n) is 41.9. The molecule has 7 aromatic carbocycles. The molecule has 12 nitrogen and oxygen atoms in total. The summed E-state index contributed by atoms with van der Waals surface area (Å²) in [5.74, 6) is -2.28. The van der Waals surface area contributed by atoms with E-state index < -0.39 is 58.5 Å². The van der Waals surface area contributed by atoms with Crippen LogP contribution in [0.15, 0.2) is 234 Å². The standard InChI is InChI=1S/C62H52IN5O7S2/c1-61(2,59(72)74-54(43-28-14-5-15-29-43)44-30-16-6-17-31-44)75-67-50(49-40-77-60(64-49)66-62(46-32-18-7-19-33-46,47-34-20-8-21-35-47)48-36-22-9-23-37-48)55(69)65-51-56(70)68-52(45(38-63)39-76-57(51)68)58(71)73-53(41-24-10-3-11-25-41)42-26-12-4-13-27-42/h3-37,40,51,53-54,57H,38-39H2,1-2H3,(H,64,66)(H,65,69)/t51-,57-/m0/s1. The van der Waals surface area contributed by atoms with Crippen LogP contribution in [0.4, 0.5) is 5.13 Å². The van der Waals surface area contributed by atoms with Crippen molar-refractivity contribution in [1.29, 1.82) is 0 Å². The Morgan fingerprint density at radius 1 is 0.662 bits per heavy atom. The number of β-lactam (4-membered cyclic amide) rings is 1. The Labute approximate surface area is 468 Å². The molecule has 2 aliphatic heterocycles. The number of alkyl halides is 1. The largest absolute Gasteiger partial charge is 0.450 e. The van der Waals surface area contributed by atoms with Crippen LogP contribution in [0.25, 0.3) is 0 Å². The van der Waals surface area contributed by atoms with Gasteiger partial charge in [-0.15, -0.1) is 23.1 Å². The summed E-state index contributed by atoms with van der Waals surface area (Å²) in [7, 11) is 0. The van der Waals surface area contributed by atoms with E-state index in [-0.39, 0.29) is 17.1 Å². The molecule has 77 heavy (non-hydrogen) atoms. The molecular weight excluding hydrogens is 1120 g/mol. The van der Waals surface area contributed by atoms with Gasteiger partial charge in [0.2, 0.25) is 5.60 Å². The number of ether oxygens (including phenoxy) is 2. The van der Waals surface area contributed by atoms with E-state index in [0.717, 1.165) is 44.5 Å². The lowest BCUT2D eigenvalue weighted by atomic mass is 9.77. The number of carbonyl (C=O) groups is 4. The van der Waals surface area contributed by atoms with Crippen LogP contribution in [0, 0.1) is 0 Å². The Balaban J connectivity index is 0.969. The lowest BCUT2D eigenvalue weighted by molar-refractivity contribution is -0.172. The molecule has 1 fully saturated rings. The molecule has 0 spiro atoms. The Bertz CT molecular complexity index is 3230. The number of nitrogens with zero attached hydrogens (tertiary/aromatic N) is 3. The second kappa shape index (κ2) is 23.6. The predicted molar refractivity (Wildman–Crippen MR) is 309 cm³/mol. The van der Waals surface area contributed by atoms with Gasteiger partial charge in [0.25, 0.3) is 11.8 Å². The van der Waals surface area contributed by atoms with Crippen molar-refractivity contribution in [2.75, 3.05) is 15.5 Å². The molecule has 0 radical (unpaired) electrons. The van der Waals surface area contributed by atoms with E-state index in [2.05, 4.69) is 38.4 Å². The smallest absolute Gasteiger partial charge is 0.356 e. The number of fused-ring (bicyclic) bond motifs is 1. The lowest BCUT2D eigenvalue weighted by Gasteiger charge is -2.49. The fourth-order valence-corrected chi connectivity index (χ4v) is 12.4. The van der Waals surface area contributed by atoms with Crippen molar-refractivity contribution in [2.24, 2.45) is 5.16 Å². The summed E-state index contributed by atoms with van der Waals surface area (Å²) in [5.41, 5.74) is 3.84. The summed E-state index contributed by atoms with van der Waals surface area (Å²) in [4.78, 5) is 70.7. The minimum absolute atomic E-state index is 0.109. The molecule has 15 heteroatoms. The first-order valence-electron chi connectivity index (χ1n) is 24.9. The molecule has 386 valence electrons. The Kier molecular flexibility index (Phi) is 16.1. The van der Waals surface area contributed by atoms with E-state index in [4.69, 9.17) is 19.3 Å². The number of hydrogen-bond acceptors (Lipinski definition) is 12. The number of oxime groups is 1. The number of rotatable bonds is 19. The summed E-state index contributed by atoms with van der Waals surface area (Å²) in [6.07, 6.45) is -1.52. The van der Waals surface area contributed by atoms with E-state index >= 15 is 0 Å². The molecule has 0 saturated carbocycles. The van der Waals surface area contributed by atoms with Crippen LogP contribution in [-0.4, -0.2) is 66.5 Å². The molecule has 10 rings (SSSR count). The van der Waals surface area contributed by atoms with E-state index in [1.807, 2.05) is 212 Å². The fourth-order valence-electron chi connectivity index (χ4n) is 9.35. The van der Waals surface area contributed by atoms with E-state index in [1.54, 1.807) is 5.38 Å². The number of halogens is 1. The molecule has 8 aromatic rings. The van der Waals surface area contributed by atoms with Gasteiger partial charge < -0.3 is 24.9 Å². The second-order valence-electron chi connectivity index (χ2n) is 18.7. The molecular formula is C62H52IN5O7S2. The third-order valence-electron chi connectivity index (χ3n) is 13.3. The molecule has 1 aromatic heterocycles. The summed E-state index contributed by atoms with van der Waals surface area (Å²) in [5, 5.41) is 12.5. The zero-order chi connectivity index (χ0) is 53.4. The maximum absolute atomic E-state index is 15.0. The molecule has 3 heterocycles. The minimum atomic E-state index is -1.75. The highest BCUT2D eigenvalue weighted by Crippen LogP contribution is 2.43. The van der Waals surface area contributed by atoms with E-state index in [0.29, 0.717) is 15.3 Å². The number of amides is 2. The van der Waals surface area contributed by atoms with Gasteiger partial charge in [-0.05, 0) is 58.4 Å². The first-order valence-corrected chi connectivity index (χ1v) is 28.3. The summed E-state index contributed by atoms with van der Waals surface area (Å²) in [6.45, 7) is 3.01. The molecule has 1 saturated heterocycles. The number of benzene rings is 7. The molecule has 0 aliphatic carbocycles. The number of esters is 2. The summed E-state index contributed by atoms with van der Waals surface area (Å²) >= 11 is 4.87. The average molecular weight is 1170 g/mol. The highest BCUT2D eigenvalue weighted by Gasteiger charge is 2.55. The number of aromatic nitrogens is 1. The third kappa shape index (κ3) is 11.2. The molecule has 2 N–H and O–H groups in total. The van der Waals surface area contributed by atoms with Crippen LogP contribution in [-0.2, 0) is 39.0 Å². The van der Waals surface area contributed by atoms with Gasteiger partial charge in [0, 0.05) is 15.6 Å². The summed E-state index contributed by atoms with van der Waals surface area (Å²) < 4.78 is 13.0. The van der Waals surface area contributed by atoms with E-state index in [9.17, 15) is 19.2 Å². The van der Waals surface area contributed by atoms with Crippen molar-refractivity contribution in [1.82, 2.24) is 15.2 Å². The number of anilines is 1. The van der Waals surface area contributed by atoms with Crippen LogP contribution in [0.2, 0.25) is 0 Å². The van der Waals surface area contributed by atoms with Gasteiger partial charge in [-0.25, -0.2) is 14.6 Å². The van der Waals surface area contributed by atoms with E-state index in [1.165, 1.54) is 41.8 Å². The SMILES string of the molecule is CC(C)(ON=C(C(=O)N[C@H]1C(=O)N2C(C(=O)OC(c3ccccc3)c3ccccc3)=C(CI)CS[C@@H]12)c1csc(NC(c2ccccc2)(c2ccccc2)c2ccccc2)n1)C(=O)OC(c1ccccc1)c1ccccc1. The predicted octanol–water partition coefficient (Wildman–Crippen LogP) is 11.8. The minimum Gasteiger partial charge on any atom is -0.450 e. The van der Waals surface area contributed by atoms with Crippen molar-refractivity contribution in [3.63, 3.8) is 0 Å². The highest BCUT2D eigenvalue weighted by molar-refractivity contribution is 14.1. The Morgan fingerprint density at radius 2 is 1.09 bits per heavy atom. The van der Waals surface area contributed by atoms with Gasteiger partial charge in [0.15, 0.2) is 23.1 Å². The normalized spacial score (nSPS) is 15.6. The van der Waals surface area contributed by atoms with Crippen molar-refractivity contribution >= 4 is 80.3 Å². The first-order chi connectivity index (χ1) is 37.6. The van der Waals surface area contributed by atoms with Gasteiger partial charge in [-0.2, -0.15) is 0 Å². The van der Waals surface area contributed by atoms with Gasteiger partial charge in [-0.3, -0.25) is 14.5 Å². The van der Waals surface area contributed by atoms with Crippen LogP contribution in [0.5, 0.6) is 0 Å². The quantitative estimate of drug-likeness (QED) is 0.0152. The van der Waals surface area contributed by atoms with Gasteiger partial charge in [0.1, 0.15) is 28.3 Å². The summed E-state index contributed by atoms with van der Waals surface area (Å²) in [6, 6.07) is 66.6. The van der Waals surface area contributed by atoms with Crippen LogP contribution >= 0.6 is 45.7 Å². The fraction of sp³-hybridized carbons (Fsp3) is 0.161. The maximum Gasteiger partial charge on any atom is 0.356 e. The molecule has 2 aliphatic rings. The van der Waals surface area contributed by atoms with Crippen LogP contribution < -0.4 is 10.6 Å². The van der Waals surface area contributed by atoms with Crippen molar-refractivity contribution in [3.8, 4) is 0 Å².